The van der Waals surface area contributed by atoms with Crippen molar-refractivity contribution in [3.63, 3.8) is 0 Å². The summed E-state index contributed by atoms with van der Waals surface area (Å²) in [6.45, 7) is 9.19. The molecule has 0 saturated heterocycles. The maximum Gasteiger partial charge on any atom is 0.351 e. The first-order chi connectivity index (χ1) is 8.03. The van der Waals surface area contributed by atoms with E-state index in [1.165, 1.54) is 6.08 Å². The number of hydrogen-bond acceptors (Lipinski definition) is 4. The van der Waals surface area contributed by atoms with Crippen molar-refractivity contribution in [1.82, 2.24) is 0 Å². The summed E-state index contributed by atoms with van der Waals surface area (Å²) in [5.74, 6) is -2.06. The van der Waals surface area contributed by atoms with Crippen molar-refractivity contribution in [2.45, 2.75) is 46.6 Å². The number of rotatable bonds is 5. The molecule has 0 unspecified atom stereocenters. The summed E-state index contributed by atoms with van der Waals surface area (Å²) >= 11 is 0. The molecule has 104 valence electrons. The first-order valence-corrected chi connectivity index (χ1v) is 5.96. The fourth-order valence-corrected chi connectivity index (χ4v) is 1.41. The molecule has 0 amide bonds. The number of carboxylic acid groups (broad SMARTS) is 1. The summed E-state index contributed by atoms with van der Waals surface area (Å²) in [5.41, 5.74) is 4.42. The Kier molecular flexibility index (Phi) is 5.88. The summed E-state index contributed by atoms with van der Waals surface area (Å²) < 4.78 is 5.25. The Hall–Kier alpha value is -1.52. The zero-order valence-corrected chi connectivity index (χ0v) is 11.7. The molecule has 5 heteroatoms. The highest BCUT2D eigenvalue weighted by atomic mass is 16.6. The average molecular weight is 257 g/mol. The van der Waals surface area contributed by atoms with Gasteiger partial charge in [0.15, 0.2) is 0 Å². The van der Waals surface area contributed by atoms with E-state index in [0.717, 1.165) is 0 Å². The molecule has 0 aliphatic carbocycles. The Balaban J connectivity index is 4.95. The number of carboxylic acids is 1. The number of carbonyl (C=O) groups excluding carboxylic acids is 1. The summed E-state index contributed by atoms with van der Waals surface area (Å²) in [6, 6.07) is 0. The van der Waals surface area contributed by atoms with E-state index < -0.39 is 23.5 Å². The molecule has 0 heterocycles. The second-order valence-electron chi connectivity index (χ2n) is 5.70. The normalized spacial score (nSPS) is 14.4. The van der Waals surface area contributed by atoms with Crippen LogP contribution in [0.1, 0.15) is 41.0 Å². The number of aliphatic carboxylic acids is 1. The fourth-order valence-electron chi connectivity index (χ4n) is 1.41. The lowest BCUT2D eigenvalue weighted by atomic mass is 9.96. The lowest BCUT2D eigenvalue weighted by Gasteiger charge is -2.23. The molecule has 0 aromatic heterocycles. The van der Waals surface area contributed by atoms with E-state index >= 15 is 0 Å². The van der Waals surface area contributed by atoms with Gasteiger partial charge in [0.25, 0.3) is 0 Å². The third kappa shape index (κ3) is 6.93. The number of nitrogens with two attached hydrogens (primary N) is 1. The molecule has 3 N–H and O–H groups in total. The van der Waals surface area contributed by atoms with Crippen LogP contribution in [-0.4, -0.2) is 22.6 Å². The van der Waals surface area contributed by atoms with E-state index in [-0.39, 0.29) is 11.6 Å². The van der Waals surface area contributed by atoms with Crippen LogP contribution < -0.4 is 5.73 Å². The topological polar surface area (TPSA) is 89.6 Å². The molecule has 0 aromatic carbocycles. The molecule has 0 rings (SSSR count). The van der Waals surface area contributed by atoms with Crippen LogP contribution in [0.15, 0.2) is 11.8 Å². The van der Waals surface area contributed by atoms with E-state index in [9.17, 15) is 9.59 Å². The van der Waals surface area contributed by atoms with Gasteiger partial charge in [0.1, 0.15) is 11.3 Å². The van der Waals surface area contributed by atoms with Gasteiger partial charge in [0, 0.05) is 0 Å². The largest absolute Gasteiger partial charge is 0.477 e. The van der Waals surface area contributed by atoms with E-state index in [1.807, 2.05) is 13.8 Å². The van der Waals surface area contributed by atoms with Gasteiger partial charge in [-0.25, -0.2) is 4.79 Å². The van der Waals surface area contributed by atoms with Gasteiger partial charge in [-0.2, -0.15) is 0 Å². The van der Waals surface area contributed by atoms with Gasteiger partial charge >= 0.3 is 11.9 Å². The molecule has 0 aliphatic heterocycles. The van der Waals surface area contributed by atoms with Crippen molar-refractivity contribution in [1.29, 1.82) is 0 Å². The Bertz CT molecular complexity index is 339. The molecule has 0 aromatic rings. The second kappa shape index (κ2) is 6.42. The van der Waals surface area contributed by atoms with Crippen molar-refractivity contribution in [2.24, 2.45) is 17.6 Å². The minimum absolute atomic E-state index is 0.236. The van der Waals surface area contributed by atoms with Gasteiger partial charge in [-0.1, -0.05) is 13.8 Å². The first-order valence-electron chi connectivity index (χ1n) is 5.96. The standard InChI is InChI=1S/C13H23NO4/c1-8(2)6-9(7-10(14)11(15)16)12(17)18-13(3,4)5/h7-9H,6,14H2,1-5H3,(H,15,16)/t9-/m0/s1. The molecular weight excluding hydrogens is 234 g/mol. The molecule has 5 nitrogen and oxygen atoms in total. The van der Waals surface area contributed by atoms with Gasteiger partial charge in [-0.15, -0.1) is 0 Å². The van der Waals surface area contributed by atoms with E-state index in [1.54, 1.807) is 20.8 Å². The average Bonchev–Trinajstić information content (AvgIpc) is 2.12. The minimum atomic E-state index is -1.23. The summed E-state index contributed by atoms with van der Waals surface area (Å²) in [4.78, 5) is 22.6. The lowest BCUT2D eigenvalue weighted by molar-refractivity contribution is -0.158. The SMILES string of the molecule is CC(C)C[C@@H](C=C(N)C(=O)O)C(=O)OC(C)(C)C. The van der Waals surface area contributed by atoms with Crippen LogP contribution in [0.25, 0.3) is 0 Å². The zero-order chi connectivity index (χ0) is 14.5. The highest BCUT2D eigenvalue weighted by molar-refractivity contribution is 5.87. The van der Waals surface area contributed by atoms with Crippen molar-refractivity contribution in [3.05, 3.63) is 11.8 Å². The smallest absolute Gasteiger partial charge is 0.351 e. The minimum Gasteiger partial charge on any atom is -0.477 e. The molecule has 0 aliphatic rings. The second-order valence-corrected chi connectivity index (χ2v) is 5.70. The summed E-state index contributed by atoms with van der Waals surface area (Å²) in [6.07, 6.45) is 1.76. The summed E-state index contributed by atoms with van der Waals surface area (Å²) in [5, 5.41) is 8.73. The van der Waals surface area contributed by atoms with Crippen LogP contribution in [0.3, 0.4) is 0 Å². The van der Waals surface area contributed by atoms with Crippen LogP contribution in [0.4, 0.5) is 0 Å². The number of ether oxygens (including phenoxy) is 1. The zero-order valence-electron chi connectivity index (χ0n) is 11.7. The third-order valence-electron chi connectivity index (χ3n) is 2.06. The van der Waals surface area contributed by atoms with Crippen LogP contribution >= 0.6 is 0 Å². The predicted octanol–water partition coefficient (Wildman–Crippen LogP) is 1.92. The van der Waals surface area contributed by atoms with Gasteiger partial charge in [0.05, 0.1) is 5.92 Å². The van der Waals surface area contributed by atoms with Crippen molar-refractivity contribution >= 4 is 11.9 Å². The van der Waals surface area contributed by atoms with Gasteiger partial charge in [0.2, 0.25) is 0 Å². The van der Waals surface area contributed by atoms with E-state index in [2.05, 4.69) is 0 Å². The number of carbonyl (C=O) groups is 2. The molecule has 0 radical (unpaired) electrons. The van der Waals surface area contributed by atoms with E-state index in [0.29, 0.717) is 6.42 Å². The monoisotopic (exact) mass is 257 g/mol. The van der Waals surface area contributed by atoms with Gasteiger partial charge in [-0.3, -0.25) is 4.79 Å². The Morgan fingerprint density at radius 2 is 1.83 bits per heavy atom. The van der Waals surface area contributed by atoms with E-state index in [4.69, 9.17) is 15.6 Å². The molecule has 0 bridgehead atoms. The number of esters is 1. The van der Waals surface area contributed by atoms with Gasteiger partial charge < -0.3 is 15.6 Å². The molecule has 0 saturated carbocycles. The fraction of sp³-hybridized carbons (Fsp3) is 0.692. The molecule has 18 heavy (non-hydrogen) atoms. The Labute approximate surface area is 108 Å². The van der Waals surface area contributed by atoms with Gasteiger partial charge in [-0.05, 0) is 39.2 Å². The maximum absolute atomic E-state index is 11.9. The first kappa shape index (κ1) is 16.5. The van der Waals surface area contributed by atoms with Crippen molar-refractivity contribution in [3.8, 4) is 0 Å². The lowest BCUT2D eigenvalue weighted by Crippen LogP contribution is -2.29. The van der Waals surface area contributed by atoms with Crippen molar-refractivity contribution in [2.75, 3.05) is 0 Å². The maximum atomic E-state index is 11.9. The molecular formula is C13H23NO4. The van der Waals surface area contributed by atoms with Crippen LogP contribution in [0.5, 0.6) is 0 Å². The molecule has 0 fully saturated rings. The highest BCUT2D eigenvalue weighted by Gasteiger charge is 2.25. The quantitative estimate of drug-likeness (QED) is 0.580. The number of hydrogen-bond donors (Lipinski definition) is 2. The van der Waals surface area contributed by atoms with Crippen LogP contribution in [0, 0.1) is 11.8 Å². The highest BCUT2D eigenvalue weighted by Crippen LogP contribution is 2.19. The Morgan fingerprint density at radius 3 is 2.17 bits per heavy atom. The van der Waals surface area contributed by atoms with Crippen LogP contribution in [-0.2, 0) is 14.3 Å². The predicted molar refractivity (Wildman–Crippen MR) is 68.7 cm³/mol. The third-order valence-corrected chi connectivity index (χ3v) is 2.06. The van der Waals surface area contributed by atoms with Crippen LogP contribution in [0.2, 0.25) is 0 Å². The molecule has 1 atom stereocenters. The Morgan fingerprint density at radius 1 is 1.33 bits per heavy atom. The summed E-state index contributed by atoms with van der Waals surface area (Å²) in [7, 11) is 0. The van der Waals surface area contributed by atoms with Crippen molar-refractivity contribution < 1.29 is 19.4 Å². The molecule has 0 spiro atoms.